The van der Waals surface area contributed by atoms with Gasteiger partial charge in [-0.3, -0.25) is 14.4 Å². The van der Waals surface area contributed by atoms with Crippen LogP contribution in [0.15, 0.2) is 48.5 Å². The van der Waals surface area contributed by atoms with Gasteiger partial charge in [0.05, 0.1) is 24.4 Å². The quantitative estimate of drug-likeness (QED) is 0.469. The number of aliphatic hydroxyl groups is 1. The normalized spacial score (nSPS) is 15.1. The van der Waals surface area contributed by atoms with Crippen molar-refractivity contribution in [2.24, 2.45) is 0 Å². The Balaban J connectivity index is 1.88. The predicted molar refractivity (Wildman–Crippen MR) is 121 cm³/mol. The minimum Gasteiger partial charge on any atom is -0.425 e. The first kappa shape index (κ1) is 24.6. The molecule has 0 radical (unpaired) electrons. The van der Waals surface area contributed by atoms with Crippen molar-refractivity contribution in [2.45, 2.75) is 12.7 Å². The average molecular weight is 511 g/mol. The number of anilines is 1. The Labute approximate surface area is 202 Å². The van der Waals surface area contributed by atoms with E-state index in [9.17, 15) is 27.5 Å². The molecule has 184 valence electrons. The van der Waals surface area contributed by atoms with E-state index in [2.05, 4.69) is 4.98 Å². The summed E-state index contributed by atoms with van der Waals surface area (Å²) in [6.45, 7) is -0.244. The molecule has 1 aromatic heterocycles. The highest BCUT2D eigenvalue weighted by Crippen LogP contribution is 2.40. The second-order valence-electron chi connectivity index (χ2n) is 7.69. The summed E-state index contributed by atoms with van der Waals surface area (Å²) in [5, 5.41) is 10.1. The molecular formula is C23H19ClF4N4O3. The Hall–Kier alpha value is -3.57. The van der Waals surface area contributed by atoms with Gasteiger partial charge in [0.25, 0.3) is 0 Å². The van der Waals surface area contributed by atoms with Crippen LogP contribution in [0, 0.1) is 5.82 Å². The van der Waals surface area contributed by atoms with E-state index >= 15 is 0 Å². The van der Waals surface area contributed by atoms with Crippen LogP contribution in [-0.2, 0) is 12.7 Å². The molecule has 35 heavy (non-hydrogen) atoms. The molecule has 2 amide bonds. The van der Waals surface area contributed by atoms with Gasteiger partial charge in [-0.25, -0.2) is 9.18 Å². The number of carbonyl (C=O) groups is 1. The molecule has 0 unspecified atom stereocenters. The predicted octanol–water partition coefficient (Wildman–Crippen LogP) is 5.37. The van der Waals surface area contributed by atoms with Crippen LogP contribution in [0.1, 0.15) is 16.8 Å². The molecule has 12 heteroatoms. The first-order valence-corrected chi connectivity index (χ1v) is 10.6. The first-order chi connectivity index (χ1) is 16.5. The highest BCUT2D eigenvalue weighted by atomic mass is 35.5. The first-order valence-electron chi connectivity index (χ1n) is 10.2. The number of aliphatic hydroxyl groups excluding tert-OH is 1. The van der Waals surface area contributed by atoms with Gasteiger partial charge in [0.1, 0.15) is 17.3 Å². The number of halogens is 5. The van der Waals surface area contributed by atoms with Crippen LogP contribution in [-0.4, -0.2) is 46.3 Å². The van der Waals surface area contributed by atoms with Crippen LogP contribution in [0.2, 0.25) is 5.02 Å². The number of nitrogens with zero attached hydrogens (tertiary/aromatic N) is 4. The number of fused-ring (bicyclic) bond motifs is 1. The summed E-state index contributed by atoms with van der Waals surface area (Å²) in [7, 11) is 3.00. The van der Waals surface area contributed by atoms with Crippen LogP contribution in [0.25, 0.3) is 5.70 Å². The van der Waals surface area contributed by atoms with Gasteiger partial charge >= 0.3 is 18.2 Å². The molecule has 0 spiro atoms. The summed E-state index contributed by atoms with van der Waals surface area (Å²) in [5.74, 6) is -1.56. The van der Waals surface area contributed by atoms with Crippen molar-refractivity contribution in [1.82, 2.24) is 14.5 Å². The van der Waals surface area contributed by atoms with E-state index in [-0.39, 0.29) is 30.7 Å². The fourth-order valence-corrected chi connectivity index (χ4v) is 3.82. The molecule has 0 aliphatic carbocycles. The molecule has 1 aliphatic heterocycles. The minimum absolute atomic E-state index is 0.136. The number of aromatic nitrogens is 2. The van der Waals surface area contributed by atoms with Crippen molar-refractivity contribution in [3.05, 3.63) is 76.2 Å². The van der Waals surface area contributed by atoms with E-state index in [1.807, 2.05) is 0 Å². The lowest BCUT2D eigenvalue weighted by Crippen LogP contribution is -2.42. The lowest BCUT2D eigenvalue weighted by molar-refractivity contribution is -0.140. The summed E-state index contributed by atoms with van der Waals surface area (Å²) >= 11 is 5.98. The van der Waals surface area contributed by atoms with E-state index in [0.29, 0.717) is 28.5 Å². The van der Waals surface area contributed by atoms with Crippen LogP contribution < -0.4 is 9.64 Å². The molecule has 0 saturated heterocycles. The molecule has 2 aromatic carbocycles. The van der Waals surface area contributed by atoms with Crippen molar-refractivity contribution >= 4 is 29.1 Å². The Morgan fingerprint density at radius 2 is 1.80 bits per heavy atom. The van der Waals surface area contributed by atoms with Crippen molar-refractivity contribution < 1.29 is 32.2 Å². The summed E-state index contributed by atoms with van der Waals surface area (Å²) in [6, 6.07) is 8.50. The monoisotopic (exact) mass is 510 g/mol. The molecule has 0 bridgehead atoms. The number of imidazole rings is 1. The number of urea groups is 1. The molecule has 3 aromatic rings. The van der Waals surface area contributed by atoms with Gasteiger partial charge in [-0.1, -0.05) is 23.7 Å². The fraction of sp³-hybridized carbons (Fsp3) is 0.217. The minimum atomic E-state index is -4.92. The second-order valence-corrected chi connectivity index (χ2v) is 8.13. The van der Waals surface area contributed by atoms with Gasteiger partial charge in [0.15, 0.2) is 5.82 Å². The Morgan fingerprint density at radius 1 is 1.11 bits per heavy atom. The molecule has 2 heterocycles. The van der Waals surface area contributed by atoms with Crippen molar-refractivity contribution in [3.63, 3.8) is 0 Å². The van der Waals surface area contributed by atoms with Crippen LogP contribution in [0.3, 0.4) is 0 Å². The molecule has 1 aliphatic rings. The smallest absolute Gasteiger partial charge is 0.419 e. The third kappa shape index (κ3) is 4.69. The SMILES string of the molecule is CN1C(=O)N(C)c2nc(Oc3ccc(F)c(C(F)(F)F)c3)n(Cc3ccc(Cl)cc3)c2/C1=C\CO. The Bertz CT molecular complexity index is 1310. The van der Waals surface area contributed by atoms with Crippen LogP contribution in [0.5, 0.6) is 11.8 Å². The highest BCUT2D eigenvalue weighted by molar-refractivity contribution is 6.30. The molecule has 1 N–H and O–H groups in total. The molecule has 0 atom stereocenters. The number of hydrogen-bond acceptors (Lipinski definition) is 4. The summed E-state index contributed by atoms with van der Waals surface area (Å²) in [5.41, 5.74) is -0.00712. The summed E-state index contributed by atoms with van der Waals surface area (Å²) in [4.78, 5) is 19.6. The van der Waals surface area contributed by atoms with Gasteiger partial charge in [-0.05, 0) is 42.0 Å². The van der Waals surface area contributed by atoms with Crippen molar-refractivity contribution in [2.75, 3.05) is 25.6 Å². The zero-order chi connectivity index (χ0) is 25.5. The number of amides is 2. The maximum absolute atomic E-state index is 13.8. The Kier molecular flexibility index (Phi) is 6.48. The second kappa shape index (κ2) is 9.23. The molecule has 0 saturated carbocycles. The highest BCUT2D eigenvalue weighted by Gasteiger charge is 2.37. The number of benzene rings is 2. The molecule has 7 nitrogen and oxygen atoms in total. The largest absolute Gasteiger partial charge is 0.425 e. The number of hydrogen-bond donors (Lipinski definition) is 1. The zero-order valence-corrected chi connectivity index (χ0v) is 19.2. The van der Waals surface area contributed by atoms with Gasteiger partial charge in [0, 0.05) is 19.1 Å². The lowest BCUT2D eigenvalue weighted by Gasteiger charge is -2.32. The maximum atomic E-state index is 13.8. The molecule has 4 rings (SSSR count). The van der Waals surface area contributed by atoms with Crippen molar-refractivity contribution in [1.29, 1.82) is 0 Å². The van der Waals surface area contributed by atoms with E-state index in [4.69, 9.17) is 16.3 Å². The van der Waals surface area contributed by atoms with E-state index in [1.165, 1.54) is 30.0 Å². The zero-order valence-electron chi connectivity index (χ0n) is 18.5. The maximum Gasteiger partial charge on any atom is 0.419 e. The Morgan fingerprint density at radius 3 is 2.43 bits per heavy atom. The third-order valence-corrected chi connectivity index (χ3v) is 5.65. The lowest BCUT2D eigenvalue weighted by atomic mass is 10.2. The van der Waals surface area contributed by atoms with E-state index < -0.39 is 23.6 Å². The number of rotatable bonds is 5. The molecule has 0 fully saturated rings. The number of alkyl halides is 3. The van der Waals surface area contributed by atoms with Gasteiger partial charge in [0.2, 0.25) is 0 Å². The topological polar surface area (TPSA) is 70.8 Å². The molecular weight excluding hydrogens is 492 g/mol. The van der Waals surface area contributed by atoms with Gasteiger partial charge in [-0.15, -0.1) is 0 Å². The van der Waals surface area contributed by atoms with E-state index in [1.54, 1.807) is 28.8 Å². The number of carbonyl (C=O) groups excluding carboxylic acids is 1. The third-order valence-electron chi connectivity index (χ3n) is 5.40. The standard InChI is InChI=1S/C23H19ClF4N4O3/c1-30-18(9-10-33)19-20(31(2)22(30)34)29-21(32(19)12-13-3-5-14(24)6-4-13)35-15-7-8-17(25)16(11-15)23(26,27)28/h3-9,11,33H,10,12H2,1-2H3/b18-9+. The summed E-state index contributed by atoms with van der Waals surface area (Å²) in [6.07, 6.45) is -3.51. The van der Waals surface area contributed by atoms with E-state index in [0.717, 1.165) is 11.6 Å². The summed E-state index contributed by atoms with van der Waals surface area (Å²) < 4.78 is 60.7. The van der Waals surface area contributed by atoms with Gasteiger partial charge < -0.3 is 9.84 Å². The number of ether oxygens (including phenoxy) is 1. The van der Waals surface area contributed by atoms with Crippen LogP contribution >= 0.6 is 11.6 Å². The fourth-order valence-electron chi connectivity index (χ4n) is 3.69. The average Bonchev–Trinajstić information content (AvgIpc) is 3.15. The van der Waals surface area contributed by atoms with Gasteiger partial charge in [-0.2, -0.15) is 18.2 Å². The van der Waals surface area contributed by atoms with Crippen molar-refractivity contribution in [3.8, 4) is 11.8 Å². The van der Waals surface area contributed by atoms with Crippen LogP contribution in [0.4, 0.5) is 28.2 Å².